The number of nitrogens with zero attached hydrogens (tertiary/aromatic N) is 3. The van der Waals surface area contributed by atoms with E-state index in [-0.39, 0.29) is 23.5 Å². The number of aromatic nitrogens is 2. The topological polar surface area (TPSA) is 80.5 Å². The maximum absolute atomic E-state index is 13.8. The summed E-state index contributed by atoms with van der Waals surface area (Å²) in [4.78, 5) is 18.5. The fraction of sp³-hybridized carbons (Fsp3) is 0.550. The summed E-state index contributed by atoms with van der Waals surface area (Å²) in [5.74, 6) is 1.18. The molecule has 1 fully saturated rings. The van der Waals surface area contributed by atoms with Gasteiger partial charge in [0, 0.05) is 38.5 Å². The van der Waals surface area contributed by atoms with Crippen LogP contribution in [0.2, 0.25) is 0 Å². The van der Waals surface area contributed by atoms with Crippen molar-refractivity contribution in [3.8, 4) is 5.75 Å². The Hall–Kier alpha value is -2.48. The van der Waals surface area contributed by atoms with E-state index >= 15 is 0 Å². The summed E-state index contributed by atoms with van der Waals surface area (Å²) in [6.07, 6.45) is 3.55. The van der Waals surface area contributed by atoms with Crippen molar-refractivity contribution in [2.45, 2.75) is 51.6 Å². The lowest BCUT2D eigenvalue weighted by atomic mass is 10.0. The van der Waals surface area contributed by atoms with E-state index in [2.05, 4.69) is 20.4 Å². The molecule has 1 aromatic carbocycles. The average Bonchev–Trinajstić information content (AvgIpc) is 3.09. The van der Waals surface area contributed by atoms with E-state index in [0.717, 1.165) is 31.5 Å². The third-order valence-corrected chi connectivity index (χ3v) is 4.94. The standard InChI is InChI=1S/C20H27FN4O3/c1-14-22-20(28-24-14)5-3-4-19(26)23-16-8-10-25(11-9-16)13-15-6-7-18(27-2)17(21)12-15/h6-7,12,16H,3-5,8-11,13H2,1-2H3,(H,23,26). The number of rotatable bonds is 8. The van der Waals surface area contributed by atoms with Crippen molar-refractivity contribution in [2.24, 2.45) is 0 Å². The molecule has 1 aromatic heterocycles. The van der Waals surface area contributed by atoms with E-state index in [1.165, 1.54) is 13.2 Å². The first kappa shape index (κ1) is 20.3. The number of hydrogen-bond acceptors (Lipinski definition) is 6. The number of aryl methyl sites for hydroxylation is 2. The normalized spacial score (nSPS) is 15.5. The molecule has 2 heterocycles. The summed E-state index contributed by atoms with van der Waals surface area (Å²) >= 11 is 0. The number of hydrogen-bond donors (Lipinski definition) is 1. The molecule has 0 saturated carbocycles. The first-order valence-corrected chi connectivity index (χ1v) is 9.67. The fourth-order valence-electron chi connectivity index (χ4n) is 3.44. The Morgan fingerprint density at radius 3 is 2.82 bits per heavy atom. The molecular formula is C20H27FN4O3. The third-order valence-electron chi connectivity index (χ3n) is 4.94. The molecule has 7 nitrogen and oxygen atoms in total. The van der Waals surface area contributed by atoms with E-state index in [1.54, 1.807) is 13.0 Å². The minimum absolute atomic E-state index is 0.0620. The van der Waals surface area contributed by atoms with Gasteiger partial charge in [-0.1, -0.05) is 11.2 Å². The highest BCUT2D eigenvalue weighted by atomic mass is 19.1. The van der Waals surface area contributed by atoms with Crippen molar-refractivity contribution >= 4 is 5.91 Å². The van der Waals surface area contributed by atoms with Crippen molar-refractivity contribution in [1.29, 1.82) is 0 Å². The number of methoxy groups -OCH3 is 1. The first-order chi connectivity index (χ1) is 13.5. The van der Waals surface area contributed by atoms with Gasteiger partial charge >= 0.3 is 0 Å². The van der Waals surface area contributed by atoms with Gasteiger partial charge in [-0.05, 0) is 43.9 Å². The molecule has 8 heteroatoms. The Morgan fingerprint density at radius 2 is 2.18 bits per heavy atom. The van der Waals surface area contributed by atoms with Crippen LogP contribution in [0.3, 0.4) is 0 Å². The van der Waals surface area contributed by atoms with E-state index in [9.17, 15) is 9.18 Å². The largest absolute Gasteiger partial charge is 0.494 e. The van der Waals surface area contributed by atoms with Crippen molar-refractivity contribution < 1.29 is 18.4 Å². The van der Waals surface area contributed by atoms with Crippen LogP contribution < -0.4 is 10.1 Å². The van der Waals surface area contributed by atoms with Gasteiger partial charge in [-0.25, -0.2) is 4.39 Å². The molecule has 3 rings (SSSR count). The van der Waals surface area contributed by atoms with Crippen LogP contribution in [-0.2, 0) is 17.8 Å². The molecular weight excluding hydrogens is 363 g/mol. The zero-order valence-electron chi connectivity index (χ0n) is 16.4. The van der Waals surface area contributed by atoms with Gasteiger partial charge in [0.25, 0.3) is 0 Å². The van der Waals surface area contributed by atoms with Crippen LogP contribution in [0.1, 0.15) is 43.0 Å². The van der Waals surface area contributed by atoms with E-state index < -0.39 is 0 Å². The second kappa shape index (κ2) is 9.64. The molecule has 0 bridgehead atoms. The highest BCUT2D eigenvalue weighted by molar-refractivity contribution is 5.76. The average molecular weight is 390 g/mol. The Morgan fingerprint density at radius 1 is 1.39 bits per heavy atom. The maximum Gasteiger partial charge on any atom is 0.226 e. The van der Waals surface area contributed by atoms with Crippen LogP contribution in [0, 0.1) is 12.7 Å². The summed E-state index contributed by atoms with van der Waals surface area (Å²) in [6, 6.07) is 5.27. The van der Waals surface area contributed by atoms with Gasteiger partial charge in [-0.3, -0.25) is 9.69 Å². The number of benzene rings is 1. The number of piperidine rings is 1. The highest BCUT2D eigenvalue weighted by Gasteiger charge is 2.21. The molecule has 152 valence electrons. The Balaban J connectivity index is 1.35. The van der Waals surface area contributed by atoms with Gasteiger partial charge in [-0.2, -0.15) is 4.98 Å². The molecule has 0 radical (unpaired) electrons. The predicted octanol–water partition coefficient (Wildman–Crippen LogP) is 2.63. The lowest BCUT2D eigenvalue weighted by Gasteiger charge is -2.32. The molecule has 1 saturated heterocycles. The van der Waals surface area contributed by atoms with Crippen LogP contribution in [0.4, 0.5) is 4.39 Å². The number of carbonyl (C=O) groups is 1. The predicted molar refractivity (Wildman–Crippen MR) is 101 cm³/mol. The van der Waals surface area contributed by atoms with Crippen LogP contribution in [-0.4, -0.2) is 47.2 Å². The summed E-state index contributed by atoms with van der Waals surface area (Å²) < 4.78 is 23.8. The molecule has 1 N–H and O–H groups in total. The summed E-state index contributed by atoms with van der Waals surface area (Å²) in [5, 5.41) is 6.85. The van der Waals surface area contributed by atoms with Gasteiger partial charge in [0.15, 0.2) is 17.4 Å². The fourth-order valence-corrected chi connectivity index (χ4v) is 3.44. The van der Waals surface area contributed by atoms with Gasteiger partial charge in [0.05, 0.1) is 7.11 Å². The molecule has 1 aliphatic rings. The second-order valence-corrected chi connectivity index (χ2v) is 7.18. The Kier molecular flexibility index (Phi) is 6.97. The van der Waals surface area contributed by atoms with Gasteiger partial charge in [0.2, 0.25) is 11.8 Å². The lowest BCUT2D eigenvalue weighted by Crippen LogP contribution is -2.44. The van der Waals surface area contributed by atoms with Crippen LogP contribution in [0.5, 0.6) is 5.75 Å². The van der Waals surface area contributed by atoms with Crippen LogP contribution in [0.25, 0.3) is 0 Å². The zero-order valence-corrected chi connectivity index (χ0v) is 16.4. The maximum atomic E-state index is 13.8. The van der Waals surface area contributed by atoms with E-state index in [1.807, 2.05) is 6.07 Å². The smallest absolute Gasteiger partial charge is 0.226 e. The summed E-state index contributed by atoms with van der Waals surface area (Å²) in [5.41, 5.74) is 0.928. The first-order valence-electron chi connectivity index (χ1n) is 9.67. The van der Waals surface area contributed by atoms with E-state index in [0.29, 0.717) is 37.5 Å². The van der Waals surface area contributed by atoms with E-state index in [4.69, 9.17) is 9.26 Å². The van der Waals surface area contributed by atoms with Crippen LogP contribution >= 0.6 is 0 Å². The zero-order chi connectivity index (χ0) is 19.9. The Labute approximate surface area is 164 Å². The number of halogens is 1. The Bertz CT molecular complexity index is 788. The molecule has 28 heavy (non-hydrogen) atoms. The molecule has 0 unspecified atom stereocenters. The lowest BCUT2D eigenvalue weighted by molar-refractivity contribution is -0.122. The molecule has 2 aromatic rings. The second-order valence-electron chi connectivity index (χ2n) is 7.18. The van der Waals surface area contributed by atoms with Crippen molar-refractivity contribution in [3.63, 3.8) is 0 Å². The molecule has 1 amide bonds. The number of nitrogens with one attached hydrogen (secondary N) is 1. The number of carbonyl (C=O) groups excluding carboxylic acids is 1. The molecule has 0 aliphatic carbocycles. The number of ether oxygens (including phenoxy) is 1. The summed E-state index contributed by atoms with van der Waals surface area (Å²) in [7, 11) is 1.46. The van der Waals surface area contributed by atoms with Crippen molar-refractivity contribution in [1.82, 2.24) is 20.4 Å². The van der Waals surface area contributed by atoms with Gasteiger partial charge < -0.3 is 14.6 Å². The monoisotopic (exact) mass is 390 g/mol. The number of amides is 1. The van der Waals surface area contributed by atoms with Gasteiger partial charge in [0.1, 0.15) is 0 Å². The number of likely N-dealkylation sites (tertiary alicyclic amines) is 1. The minimum Gasteiger partial charge on any atom is -0.494 e. The van der Waals surface area contributed by atoms with Crippen molar-refractivity contribution in [2.75, 3.05) is 20.2 Å². The van der Waals surface area contributed by atoms with Crippen molar-refractivity contribution in [3.05, 3.63) is 41.3 Å². The SMILES string of the molecule is COc1ccc(CN2CCC(NC(=O)CCCc3nc(C)no3)CC2)cc1F. The minimum atomic E-state index is -0.335. The third kappa shape index (κ3) is 5.76. The van der Waals surface area contributed by atoms with Crippen LogP contribution in [0.15, 0.2) is 22.7 Å². The highest BCUT2D eigenvalue weighted by Crippen LogP contribution is 2.20. The molecule has 0 atom stereocenters. The molecule has 0 spiro atoms. The quantitative estimate of drug-likeness (QED) is 0.746. The molecule has 1 aliphatic heterocycles. The van der Waals surface area contributed by atoms with Gasteiger partial charge in [-0.15, -0.1) is 0 Å². The summed E-state index contributed by atoms with van der Waals surface area (Å²) in [6.45, 7) is 4.22.